The van der Waals surface area contributed by atoms with Crippen molar-refractivity contribution in [3.05, 3.63) is 0 Å². The lowest BCUT2D eigenvalue weighted by Gasteiger charge is -2.30. The number of ether oxygens (including phenoxy) is 1. The molecule has 100 valence electrons. The van der Waals surface area contributed by atoms with Gasteiger partial charge in [0.1, 0.15) is 18.3 Å². The molecule has 17 heavy (non-hydrogen) atoms. The minimum atomic E-state index is -1.41. The van der Waals surface area contributed by atoms with Crippen LogP contribution in [0.25, 0.3) is 0 Å². The van der Waals surface area contributed by atoms with Crippen molar-refractivity contribution in [3.63, 3.8) is 0 Å². The smallest absolute Gasteiger partial charge is 0.184 e. The topological polar surface area (TPSA) is 93.4 Å². The second-order valence-electron chi connectivity index (χ2n) is 4.90. The lowest BCUT2D eigenvalue weighted by Crippen LogP contribution is -2.46. The standard InChI is InChI=1S/C11H21NO5/c13-7(6-12-4-2-1-3-5-12)10-8(14)9(15)11(16)17-10/h7-11,13-16H,1-6H2/t7-,8-,9-,10-,11+/m1/s1. The minimum Gasteiger partial charge on any atom is -0.389 e. The molecule has 6 heteroatoms. The first-order chi connectivity index (χ1) is 8.09. The van der Waals surface area contributed by atoms with Gasteiger partial charge in [0.05, 0.1) is 6.10 Å². The van der Waals surface area contributed by atoms with Crippen molar-refractivity contribution in [1.29, 1.82) is 0 Å². The fraction of sp³-hybridized carbons (Fsp3) is 1.00. The van der Waals surface area contributed by atoms with E-state index in [1.807, 2.05) is 0 Å². The van der Waals surface area contributed by atoms with E-state index in [9.17, 15) is 20.4 Å². The molecule has 5 atom stereocenters. The fourth-order valence-electron chi connectivity index (χ4n) is 2.51. The fourth-order valence-corrected chi connectivity index (χ4v) is 2.51. The molecule has 0 unspecified atom stereocenters. The summed E-state index contributed by atoms with van der Waals surface area (Å²) >= 11 is 0. The Balaban J connectivity index is 1.85. The molecular formula is C11H21NO5. The largest absolute Gasteiger partial charge is 0.389 e. The second-order valence-corrected chi connectivity index (χ2v) is 4.90. The zero-order valence-corrected chi connectivity index (χ0v) is 9.77. The highest BCUT2D eigenvalue weighted by atomic mass is 16.6. The van der Waals surface area contributed by atoms with Crippen molar-refractivity contribution in [2.24, 2.45) is 0 Å². The summed E-state index contributed by atoms with van der Waals surface area (Å²) in [5, 5.41) is 38.2. The normalized spacial score (nSPS) is 41.6. The summed E-state index contributed by atoms with van der Waals surface area (Å²) < 4.78 is 4.97. The zero-order valence-electron chi connectivity index (χ0n) is 9.77. The number of rotatable bonds is 3. The summed E-state index contributed by atoms with van der Waals surface area (Å²) in [6.07, 6.45) is -2.34. The van der Waals surface area contributed by atoms with Crippen LogP contribution in [0.4, 0.5) is 0 Å². The number of piperidine rings is 1. The zero-order chi connectivity index (χ0) is 12.4. The van der Waals surface area contributed by atoms with Crippen LogP contribution < -0.4 is 0 Å². The molecule has 2 aliphatic heterocycles. The van der Waals surface area contributed by atoms with Crippen molar-refractivity contribution >= 4 is 0 Å². The van der Waals surface area contributed by atoms with Gasteiger partial charge in [-0.2, -0.15) is 0 Å². The Morgan fingerprint density at radius 3 is 2.24 bits per heavy atom. The molecule has 0 radical (unpaired) electrons. The van der Waals surface area contributed by atoms with E-state index in [4.69, 9.17) is 4.74 Å². The maximum atomic E-state index is 9.96. The van der Waals surface area contributed by atoms with Crippen LogP contribution in [0.15, 0.2) is 0 Å². The first kappa shape index (κ1) is 13.2. The van der Waals surface area contributed by atoms with Gasteiger partial charge >= 0.3 is 0 Å². The third-order valence-corrected chi connectivity index (χ3v) is 3.55. The minimum absolute atomic E-state index is 0.404. The van der Waals surface area contributed by atoms with Crippen LogP contribution in [0, 0.1) is 0 Å². The Kier molecular flexibility index (Phi) is 4.35. The van der Waals surface area contributed by atoms with E-state index in [2.05, 4.69) is 4.90 Å². The molecule has 0 aromatic rings. The van der Waals surface area contributed by atoms with Gasteiger partial charge in [0.25, 0.3) is 0 Å². The van der Waals surface area contributed by atoms with Crippen molar-refractivity contribution in [3.8, 4) is 0 Å². The Hall–Kier alpha value is -0.240. The predicted molar refractivity (Wildman–Crippen MR) is 59.2 cm³/mol. The van der Waals surface area contributed by atoms with Crippen molar-refractivity contribution < 1.29 is 25.2 Å². The SMILES string of the molecule is O[C@@H]1[C@@H](O)[C@@H](O)O[C@@H]1[C@H](O)CN1CCCCC1. The van der Waals surface area contributed by atoms with Gasteiger partial charge in [-0.15, -0.1) is 0 Å². The van der Waals surface area contributed by atoms with Gasteiger partial charge in [0.2, 0.25) is 0 Å². The Morgan fingerprint density at radius 2 is 1.71 bits per heavy atom. The predicted octanol–water partition coefficient (Wildman–Crippen LogP) is -1.73. The summed E-state index contributed by atoms with van der Waals surface area (Å²) in [5.41, 5.74) is 0. The van der Waals surface area contributed by atoms with E-state index in [-0.39, 0.29) is 0 Å². The van der Waals surface area contributed by atoms with Crippen LogP contribution >= 0.6 is 0 Å². The molecule has 6 nitrogen and oxygen atoms in total. The van der Waals surface area contributed by atoms with Crippen LogP contribution in [-0.4, -0.2) is 75.7 Å². The average Bonchev–Trinajstić information content (AvgIpc) is 2.58. The molecular weight excluding hydrogens is 226 g/mol. The van der Waals surface area contributed by atoms with Crippen molar-refractivity contribution in [2.45, 2.75) is 50.0 Å². The van der Waals surface area contributed by atoms with Gasteiger partial charge < -0.3 is 30.1 Å². The lowest BCUT2D eigenvalue weighted by molar-refractivity contribution is -0.148. The Bertz CT molecular complexity index is 246. The third kappa shape index (κ3) is 2.96. The average molecular weight is 247 g/mol. The van der Waals surface area contributed by atoms with Crippen LogP contribution in [0.1, 0.15) is 19.3 Å². The van der Waals surface area contributed by atoms with Gasteiger partial charge in [0.15, 0.2) is 6.29 Å². The number of hydrogen-bond acceptors (Lipinski definition) is 6. The molecule has 0 amide bonds. The third-order valence-electron chi connectivity index (χ3n) is 3.55. The van der Waals surface area contributed by atoms with Crippen LogP contribution in [0.3, 0.4) is 0 Å². The highest BCUT2D eigenvalue weighted by Gasteiger charge is 2.45. The number of nitrogens with zero attached hydrogens (tertiary/aromatic N) is 1. The molecule has 2 aliphatic rings. The summed E-state index contributed by atoms with van der Waals surface area (Å²) in [7, 11) is 0. The van der Waals surface area contributed by atoms with E-state index in [0.29, 0.717) is 6.54 Å². The van der Waals surface area contributed by atoms with E-state index in [0.717, 1.165) is 25.9 Å². The maximum absolute atomic E-state index is 9.96. The van der Waals surface area contributed by atoms with E-state index in [1.54, 1.807) is 0 Å². The second kappa shape index (κ2) is 5.60. The van der Waals surface area contributed by atoms with Gasteiger partial charge in [-0.3, -0.25) is 0 Å². The molecule has 0 aromatic heterocycles. The molecule has 2 fully saturated rings. The van der Waals surface area contributed by atoms with Gasteiger partial charge in [-0.1, -0.05) is 6.42 Å². The molecule has 0 saturated carbocycles. The van der Waals surface area contributed by atoms with Crippen LogP contribution in [0.5, 0.6) is 0 Å². The summed E-state index contributed by atoms with van der Waals surface area (Å²) in [5.74, 6) is 0. The first-order valence-electron chi connectivity index (χ1n) is 6.19. The molecule has 4 N–H and O–H groups in total. The number of aliphatic hydroxyl groups excluding tert-OH is 4. The molecule has 0 bridgehead atoms. The van der Waals surface area contributed by atoms with Crippen LogP contribution in [0.2, 0.25) is 0 Å². The van der Waals surface area contributed by atoms with Crippen LogP contribution in [-0.2, 0) is 4.74 Å². The van der Waals surface area contributed by atoms with Crippen molar-refractivity contribution in [2.75, 3.05) is 19.6 Å². The summed E-state index contributed by atoms with van der Waals surface area (Å²) in [6.45, 7) is 2.27. The quantitative estimate of drug-likeness (QED) is 0.474. The summed E-state index contributed by atoms with van der Waals surface area (Å²) in [6, 6.07) is 0. The summed E-state index contributed by atoms with van der Waals surface area (Å²) in [4.78, 5) is 2.11. The van der Waals surface area contributed by atoms with Gasteiger partial charge in [-0.25, -0.2) is 0 Å². The molecule has 0 spiro atoms. The molecule has 0 aromatic carbocycles. The first-order valence-corrected chi connectivity index (χ1v) is 6.19. The van der Waals surface area contributed by atoms with Crippen molar-refractivity contribution in [1.82, 2.24) is 4.90 Å². The van der Waals surface area contributed by atoms with E-state index >= 15 is 0 Å². The number of hydrogen-bond donors (Lipinski definition) is 4. The molecule has 2 rings (SSSR count). The van der Waals surface area contributed by atoms with E-state index < -0.39 is 30.7 Å². The maximum Gasteiger partial charge on any atom is 0.184 e. The number of β-amino-alcohol motifs (C(OH)–C–C–N with tert-alkyl or cyclic N) is 1. The molecule has 2 saturated heterocycles. The molecule has 0 aliphatic carbocycles. The van der Waals surface area contributed by atoms with Gasteiger partial charge in [0, 0.05) is 6.54 Å². The Morgan fingerprint density at radius 1 is 1.06 bits per heavy atom. The number of aliphatic hydroxyl groups is 4. The highest BCUT2D eigenvalue weighted by molar-refractivity contribution is 4.91. The molecule has 2 heterocycles. The van der Waals surface area contributed by atoms with Gasteiger partial charge in [-0.05, 0) is 25.9 Å². The Labute approximate surface area is 100 Å². The monoisotopic (exact) mass is 247 g/mol. The number of likely N-dealkylation sites (tertiary alicyclic amines) is 1. The van der Waals surface area contributed by atoms with E-state index in [1.165, 1.54) is 6.42 Å². The highest BCUT2D eigenvalue weighted by Crippen LogP contribution is 2.23. The lowest BCUT2D eigenvalue weighted by atomic mass is 10.0.